The number of unbranched alkanes of at least 4 members (excludes halogenated alkanes) is 11. The van der Waals surface area contributed by atoms with Gasteiger partial charge < -0.3 is 23.9 Å². The van der Waals surface area contributed by atoms with Crippen molar-refractivity contribution in [1.82, 2.24) is 4.90 Å². The van der Waals surface area contributed by atoms with Crippen molar-refractivity contribution in [3.63, 3.8) is 0 Å². The number of rotatable bonds is 18. The molecule has 1 aromatic rings. The third kappa shape index (κ3) is 10.2. The van der Waals surface area contributed by atoms with Crippen molar-refractivity contribution >= 4 is 17.8 Å². The molecule has 34 heavy (non-hydrogen) atoms. The van der Waals surface area contributed by atoms with E-state index in [1.807, 2.05) is 0 Å². The van der Waals surface area contributed by atoms with Crippen molar-refractivity contribution in [2.45, 2.75) is 103 Å². The molecule has 1 saturated heterocycles. The molecule has 0 bridgehead atoms. The van der Waals surface area contributed by atoms with Gasteiger partial charge in [-0.15, -0.1) is 0 Å². The predicted octanol–water partition coefficient (Wildman–Crippen LogP) is 5.59. The summed E-state index contributed by atoms with van der Waals surface area (Å²) in [4.78, 5) is 36.7. The number of carboxylic acid groups (broad SMARTS) is 1. The van der Waals surface area contributed by atoms with Crippen molar-refractivity contribution in [3.8, 4) is 5.95 Å². The van der Waals surface area contributed by atoms with Gasteiger partial charge in [-0.05, 0) is 25.3 Å². The first kappa shape index (κ1) is 27.7. The van der Waals surface area contributed by atoms with Crippen molar-refractivity contribution in [3.05, 3.63) is 17.9 Å². The number of hydrogen-bond acceptors (Lipinski definition) is 6. The maximum Gasteiger partial charge on any atom is 0.374 e. The normalized spacial score (nSPS) is 15.4. The minimum atomic E-state index is -1.04. The third-order valence-corrected chi connectivity index (χ3v) is 6.21. The van der Waals surface area contributed by atoms with E-state index in [4.69, 9.17) is 19.0 Å². The Kier molecular flexibility index (Phi) is 13.2. The fourth-order valence-electron chi connectivity index (χ4n) is 4.23. The second-order valence-electron chi connectivity index (χ2n) is 9.02. The number of aliphatic carboxylic acids is 1. The van der Waals surface area contributed by atoms with E-state index in [0.717, 1.165) is 12.8 Å². The van der Waals surface area contributed by atoms with Gasteiger partial charge in [-0.25, -0.2) is 9.59 Å². The molecular formula is C26H41NO7. The number of carbonyl (C=O) groups is 3. The smallest absolute Gasteiger partial charge is 0.374 e. The SMILES string of the molecule is CCCCCCCCCCCCCCOc1ccc(C(=O)OCC(=O)N2CCCC2C(=O)O)o1. The van der Waals surface area contributed by atoms with Gasteiger partial charge in [-0.3, -0.25) is 4.79 Å². The molecule has 1 aliphatic rings. The average Bonchev–Trinajstić information content (AvgIpc) is 3.50. The lowest BCUT2D eigenvalue weighted by atomic mass is 10.1. The van der Waals surface area contributed by atoms with Gasteiger partial charge in [0.05, 0.1) is 6.61 Å². The molecule has 1 fully saturated rings. The summed E-state index contributed by atoms with van der Waals surface area (Å²) < 4.78 is 15.9. The van der Waals surface area contributed by atoms with Crippen LogP contribution in [-0.2, 0) is 14.3 Å². The number of ether oxygens (including phenoxy) is 2. The van der Waals surface area contributed by atoms with Gasteiger partial charge in [0.25, 0.3) is 11.9 Å². The molecule has 1 amide bonds. The minimum Gasteiger partial charge on any atom is -0.480 e. The van der Waals surface area contributed by atoms with Crippen LogP contribution >= 0.6 is 0 Å². The highest BCUT2D eigenvalue weighted by Gasteiger charge is 2.34. The predicted molar refractivity (Wildman–Crippen MR) is 128 cm³/mol. The zero-order valence-electron chi connectivity index (χ0n) is 20.6. The largest absolute Gasteiger partial charge is 0.480 e. The Hall–Kier alpha value is -2.51. The maximum atomic E-state index is 12.2. The molecule has 0 aliphatic carbocycles. The molecule has 1 aliphatic heterocycles. The molecule has 8 heteroatoms. The highest BCUT2D eigenvalue weighted by Crippen LogP contribution is 2.20. The molecule has 1 N–H and O–H groups in total. The quantitative estimate of drug-likeness (QED) is 0.216. The van der Waals surface area contributed by atoms with Crippen LogP contribution in [0.1, 0.15) is 107 Å². The standard InChI is InChI=1S/C26H41NO7/c1-2-3-4-5-6-7-8-9-10-11-12-13-19-32-24-17-16-22(34-24)26(31)33-20-23(28)27-18-14-15-21(27)25(29)30/h16-17,21H,2-15,18-20H2,1H3,(H,29,30). The van der Waals surface area contributed by atoms with Gasteiger partial charge in [0.15, 0.2) is 6.61 Å². The Morgan fingerprint density at radius 1 is 0.971 bits per heavy atom. The van der Waals surface area contributed by atoms with Crippen molar-refractivity contribution < 1.29 is 33.4 Å². The van der Waals surface area contributed by atoms with E-state index in [1.54, 1.807) is 6.07 Å². The van der Waals surface area contributed by atoms with E-state index in [9.17, 15) is 14.4 Å². The molecule has 0 aromatic carbocycles. The number of nitrogens with zero attached hydrogens (tertiary/aromatic N) is 1. The van der Waals surface area contributed by atoms with Crippen molar-refractivity contribution in [2.75, 3.05) is 19.8 Å². The monoisotopic (exact) mass is 479 g/mol. The summed E-state index contributed by atoms with van der Waals surface area (Å²) in [5.41, 5.74) is 0. The number of carbonyl (C=O) groups excluding carboxylic acids is 2. The molecule has 8 nitrogen and oxygen atoms in total. The summed E-state index contributed by atoms with van der Waals surface area (Å²) in [6, 6.07) is 2.15. The maximum absolute atomic E-state index is 12.2. The van der Waals surface area contributed by atoms with Crippen LogP contribution in [0.4, 0.5) is 0 Å². The van der Waals surface area contributed by atoms with E-state index in [1.165, 1.54) is 75.2 Å². The van der Waals surface area contributed by atoms with Gasteiger partial charge in [0.1, 0.15) is 6.04 Å². The first-order valence-electron chi connectivity index (χ1n) is 12.9. The molecule has 192 valence electrons. The topological polar surface area (TPSA) is 106 Å². The highest BCUT2D eigenvalue weighted by molar-refractivity contribution is 5.90. The molecule has 0 spiro atoms. The Morgan fingerprint density at radius 2 is 1.59 bits per heavy atom. The summed E-state index contributed by atoms with van der Waals surface area (Å²) >= 11 is 0. The van der Waals surface area contributed by atoms with Crippen molar-refractivity contribution in [1.29, 1.82) is 0 Å². The van der Waals surface area contributed by atoms with Gasteiger partial charge in [0.2, 0.25) is 5.76 Å². The number of furan rings is 1. The van der Waals surface area contributed by atoms with Crippen LogP contribution in [0.3, 0.4) is 0 Å². The number of likely N-dealkylation sites (tertiary alicyclic amines) is 1. The van der Waals surface area contributed by atoms with Gasteiger partial charge in [-0.2, -0.15) is 0 Å². The zero-order valence-corrected chi connectivity index (χ0v) is 20.6. The second-order valence-corrected chi connectivity index (χ2v) is 9.02. The summed E-state index contributed by atoms with van der Waals surface area (Å²) in [7, 11) is 0. The van der Waals surface area contributed by atoms with E-state index in [-0.39, 0.29) is 11.7 Å². The van der Waals surface area contributed by atoms with Crippen LogP contribution in [0.5, 0.6) is 5.95 Å². The number of amides is 1. The molecular weight excluding hydrogens is 438 g/mol. The van der Waals surface area contributed by atoms with Crippen LogP contribution in [0.2, 0.25) is 0 Å². The molecule has 2 heterocycles. The van der Waals surface area contributed by atoms with Crippen LogP contribution in [0, 0.1) is 0 Å². The fourth-order valence-corrected chi connectivity index (χ4v) is 4.23. The third-order valence-electron chi connectivity index (χ3n) is 6.21. The number of esters is 1. The van der Waals surface area contributed by atoms with Gasteiger partial charge >= 0.3 is 11.9 Å². The molecule has 1 unspecified atom stereocenters. The van der Waals surface area contributed by atoms with Crippen LogP contribution in [-0.4, -0.2) is 53.7 Å². The fraction of sp³-hybridized carbons (Fsp3) is 0.731. The Bertz CT molecular complexity index is 745. The molecule has 0 radical (unpaired) electrons. The summed E-state index contributed by atoms with van der Waals surface area (Å²) in [6.45, 7) is 2.60. The molecule has 0 saturated carbocycles. The van der Waals surface area contributed by atoms with E-state index < -0.39 is 30.5 Å². The Morgan fingerprint density at radius 3 is 2.21 bits per heavy atom. The number of carboxylic acids is 1. The van der Waals surface area contributed by atoms with Crippen LogP contribution in [0.15, 0.2) is 16.5 Å². The van der Waals surface area contributed by atoms with E-state index >= 15 is 0 Å². The lowest BCUT2D eigenvalue weighted by Gasteiger charge is -2.20. The van der Waals surface area contributed by atoms with Gasteiger partial charge in [0, 0.05) is 12.6 Å². The van der Waals surface area contributed by atoms with E-state index in [0.29, 0.717) is 26.0 Å². The first-order valence-corrected chi connectivity index (χ1v) is 12.9. The van der Waals surface area contributed by atoms with Crippen LogP contribution < -0.4 is 4.74 Å². The molecule has 1 atom stereocenters. The minimum absolute atomic E-state index is 0.0475. The lowest BCUT2D eigenvalue weighted by molar-refractivity contribution is -0.149. The van der Waals surface area contributed by atoms with Crippen molar-refractivity contribution in [2.24, 2.45) is 0 Å². The first-order chi connectivity index (χ1) is 16.5. The summed E-state index contributed by atoms with van der Waals surface area (Å²) in [5.74, 6) is -2.15. The second kappa shape index (κ2) is 16.2. The summed E-state index contributed by atoms with van der Waals surface area (Å²) in [5, 5.41) is 9.15. The van der Waals surface area contributed by atoms with Crippen LogP contribution in [0.25, 0.3) is 0 Å². The molecule has 2 rings (SSSR count). The average molecular weight is 480 g/mol. The van der Waals surface area contributed by atoms with Gasteiger partial charge in [-0.1, -0.05) is 77.6 Å². The van der Waals surface area contributed by atoms with E-state index in [2.05, 4.69) is 6.92 Å². The highest BCUT2D eigenvalue weighted by atomic mass is 16.6. The Balaban J connectivity index is 1.51. The lowest BCUT2D eigenvalue weighted by Crippen LogP contribution is -2.42. The Labute approximate surface area is 203 Å². The number of hydrogen-bond donors (Lipinski definition) is 1. The molecule has 1 aromatic heterocycles. The summed E-state index contributed by atoms with van der Waals surface area (Å²) in [6.07, 6.45) is 16.3. The zero-order chi connectivity index (χ0) is 24.6.